The molecule has 1 aromatic rings. The summed E-state index contributed by atoms with van der Waals surface area (Å²) in [6.45, 7) is 7.20. The molecular weight excluding hydrogens is 228 g/mol. The second-order valence-electron chi connectivity index (χ2n) is 4.64. The van der Waals surface area contributed by atoms with Gasteiger partial charge in [-0.3, -0.25) is 4.98 Å². The maximum atomic E-state index is 8.73. The first-order chi connectivity index (χ1) is 8.60. The fraction of sp³-hybridized carbons (Fsp3) is 0.538. The Balaban J connectivity index is 2.79. The first kappa shape index (κ1) is 14.4. The van der Waals surface area contributed by atoms with Crippen LogP contribution in [0.25, 0.3) is 0 Å². The van der Waals surface area contributed by atoms with Crippen molar-refractivity contribution < 1.29 is 5.21 Å². The smallest absolute Gasteiger partial charge is 0.189 e. The molecule has 1 heterocycles. The molecular formula is C13H22N4O. The van der Waals surface area contributed by atoms with Crippen LogP contribution in [0.5, 0.6) is 0 Å². The van der Waals surface area contributed by atoms with Crippen molar-refractivity contribution in [2.75, 3.05) is 0 Å². The molecule has 100 valence electrons. The maximum Gasteiger partial charge on any atom is 0.189 e. The quantitative estimate of drug-likeness (QED) is 0.310. The van der Waals surface area contributed by atoms with E-state index in [1.165, 1.54) is 0 Å². The molecule has 0 aliphatic rings. The highest BCUT2D eigenvalue weighted by Crippen LogP contribution is 2.09. The predicted octanol–water partition coefficient (Wildman–Crippen LogP) is 1.70. The molecule has 0 saturated heterocycles. The number of hydrogen-bond donors (Lipinski definition) is 3. The summed E-state index contributed by atoms with van der Waals surface area (Å²) in [7, 11) is 0. The van der Waals surface area contributed by atoms with Gasteiger partial charge in [-0.2, -0.15) is 0 Å². The van der Waals surface area contributed by atoms with Gasteiger partial charge in [-0.05, 0) is 24.0 Å². The monoisotopic (exact) mass is 250 g/mol. The topological polar surface area (TPSA) is 83.5 Å². The number of aromatic nitrogens is 1. The van der Waals surface area contributed by atoms with Crippen molar-refractivity contribution in [2.45, 2.75) is 39.8 Å². The molecule has 0 bridgehead atoms. The van der Waals surface area contributed by atoms with Gasteiger partial charge in [0.25, 0.3) is 0 Å². The number of oxime groups is 1. The molecule has 5 heteroatoms. The zero-order valence-corrected chi connectivity index (χ0v) is 11.2. The van der Waals surface area contributed by atoms with Crippen molar-refractivity contribution in [2.24, 2.45) is 16.8 Å². The highest BCUT2D eigenvalue weighted by Gasteiger charge is 2.12. The minimum absolute atomic E-state index is 0.0463. The molecule has 4 N–H and O–H groups in total. The van der Waals surface area contributed by atoms with Crippen molar-refractivity contribution >= 4 is 5.84 Å². The third-order valence-electron chi connectivity index (χ3n) is 3.04. The minimum Gasteiger partial charge on any atom is -0.409 e. The van der Waals surface area contributed by atoms with Crippen LogP contribution in [0.2, 0.25) is 0 Å². The molecule has 1 rings (SSSR count). The predicted molar refractivity (Wildman–Crippen MR) is 72.5 cm³/mol. The molecule has 1 atom stereocenters. The Kier molecular flexibility index (Phi) is 5.58. The number of pyridine rings is 1. The lowest BCUT2D eigenvalue weighted by atomic mass is 10.0. The number of hydrogen-bond acceptors (Lipinski definition) is 4. The summed E-state index contributed by atoms with van der Waals surface area (Å²) in [6, 6.07) is 4.23. The van der Waals surface area contributed by atoms with Crippen LogP contribution in [0.3, 0.4) is 0 Å². The molecule has 5 nitrogen and oxygen atoms in total. The zero-order valence-electron chi connectivity index (χ0n) is 11.2. The van der Waals surface area contributed by atoms with Gasteiger partial charge in [0.1, 0.15) is 5.69 Å². The van der Waals surface area contributed by atoms with Crippen molar-refractivity contribution in [1.82, 2.24) is 10.3 Å². The highest BCUT2D eigenvalue weighted by atomic mass is 16.4. The van der Waals surface area contributed by atoms with E-state index in [2.05, 4.69) is 36.2 Å². The molecule has 0 amide bonds. The number of amidine groups is 1. The summed E-state index contributed by atoms with van der Waals surface area (Å²) in [4.78, 5) is 4.14. The van der Waals surface area contributed by atoms with E-state index in [9.17, 15) is 0 Å². The average Bonchev–Trinajstić information content (AvgIpc) is 2.38. The largest absolute Gasteiger partial charge is 0.409 e. The van der Waals surface area contributed by atoms with Crippen molar-refractivity contribution in [3.05, 3.63) is 29.6 Å². The van der Waals surface area contributed by atoms with Crippen molar-refractivity contribution in [1.29, 1.82) is 0 Å². The van der Waals surface area contributed by atoms with E-state index in [-0.39, 0.29) is 5.84 Å². The SMILES string of the molecule is CCC(NCc1cccnc1C(N)=NO)C(C)C. The Morgan fingerprint density at radius 1 is 1.56 bits per heavy atom. The fourth-order valence-electron chi connectivity index (χ4n) is 1.95. The summed E-state index contributed by atoms with van der Waals surface area (Å²) >= 11 is 0. The van der Waals surface area contributed by atoms with E-state index in [1.807, 2.05) is 12.1 Å². The van der Waals surface area contributed by atoms with Crippen molar-refractivity contribution in [3.8, 4) is 0 Å². The van der Waals surface area contributed by atoms with Gasteiger partial charge < -0.3 is 16.3 Å². The second-order valence-corrected chi connectivity index (χ2v) is 4.64. The molecule has 18 heavy (non-hydrogen) atoms. The van der Waals surface area contributed by atoms with Gasteiger partial charge in [0.05, 0.1) is 0 Å². The number of nitrogens with one attached hydrogen (secondary N) is 1. The van der Waals surface area contributed by atoms with Crippen LogP contribution in [-0.2, 0) is 6.54 Å². The Morgan fingerprint density at radius 2 is 2.28 bits per heavy atom. The molecule has 0 aliphatic carbocycles. The third kappa shape index (κ3) is 3.70. The molecule has 0 aliphatic heterocycles. The second kappa shape index (κ2) is 6.96. The van der Waals surface area contributed by atoms with E-state index in [4.69, 9.17) is 10.9 Å². The van der Waals surface area contributed by atoms with Crippen LogP contribution in [0.4, 0.5) is 0 Å². The Hall–Kier alpha value is -1.62. The van der Waals surface area contributed by atoms with Gasteiger partial charge in [0, 0.05) is 18.8 Å². The minimum atomic E-state index is 0.0463. The number of nitrogens with zero attached hydrogens (tertiary/aromatic N) is 2. The Labute approximate surface area is 108 Å². The van der Waals surface area contributed by atoms with Crippen LogP contribution in [0.1, 0.15) is 38.4 Å². The molecule has 0 aromatic carbocycles. The highest BCUT2D eigenvalue weighted by molar-refractivity contribution is 5.96. The first-order valence-corrected chi connectivity index (χ1v) is 6.25. The fourth-order valence-corrected chi connectivity index (χ4v) is 1.95. The van der Waals surface area contributed by atoms with E-state index in [1.54, 1.807) is 6.20 Å². The normalized spacial score (nSPS) is 13.9. The molecule has 0 radical (unpaired) electrons. The Bertz CT molecular complexity index is 404. The van der Waals surface area contributed by atoms with Gasteiger partial charge in [0.2, 0.25) is 0 Å². The van der Waals surface area contributed by atoms with Crippen molar-refractivity contribution in [3.63, 3.8) is 0 Å². The lowest BCUT2D eigenvalue weighted by molar-refractivity contribution is 0.318. The standard InChI is InChI=1S/C13H22N4O/c1-4-11(9(2)3)16-8-10-6-5-7-15-12(10)13(14)17-18/h5-7,9,11,16,18H,4,8H2,1-3H3,(H2,14,17). The van der Waals surface area contributed by atoms with Gasteiger partial charge in [0.15, 0.2) is 5.84 Å². The van der Waals surface area contributed by atoms with E-state index in [0.29, 0.717) is 24.2 Å². The summed E-state index contributed by atoms with van der Waals surface area (Å²) < 4.78 is 0. The molecule has 0 spiro atoms. The Morgan fingerprint density at radius 3 is 2.83 bits per heavy atom. The van der Waals surface area contributed by atoms with E-state index >= 15 is 0 Å². The zero-order chi connectivity index (χ0) is 13.5. The summed E-state index contributed by atoms with van der Waals surface area (Å²) in [6.07, 6.45) is 2.70. The average molecular weight is 250 g/mol. The number of rotatable bonds is 6. The van der Waals surface area contributed by atoms with Gasteiger partial charge in [-0.1, -0.05) is 32.0 Å². The lowest BCUT2D eigenvalue weighted by Crippen LogP contribution is -2.33. The third-order valence-corrected chi connectivity index (χ3v) is 3.04. The molecule has 0 fully saturated rings. The van der Waals surface area contributed by atoms with Crippen LogP contribution < -0.4 is 11.1 Å². The van der Waals surface area contributed by atoms with Gasteiger partial charge >= 0.3 is 0 Å². The lowest BCUT2D eigenvalue weighted by Gasteiger charge is -2.21. The van der Waals surface area contributed by atoms with E-state index < -0.39 is 0 Å². The molecule has 1 unspecified atom stereocenters. The molecule has 0 saturated carbocycles. The van der Waals surface area contributed by atoms with Crippen LogP contribution in [-0.4, -0.2) is 22.1 Å². The summed E-state index contributed by atoms with van der Waals surface area (Å²) in [5.41, 5.74) is 7.07. The molecule has 1 aromatic heterocycles. The van der Waals surface area contributed by atoms with Gasteiger partial charge in [-0.15, -0.1) is 0 Å². The maximum absolute atomic E-state index is 8.73. The summed E-state index contributed by atoms with van der Waals surface area (Å²) in [5, 5.41) is 15.2. The van der Waals surface area contributed by atoms with Gasteiger partial charge in [-0.25, -0.2) is 0 Å². The number of nitrogens with two attached hydrogens (primary N) is 1. The summed E-state index contributed by atoms with van der Waals surface area (Å²) in [5.74, 6) is 0.615. The van der Waals surface area contributed by atoms with Crippen LogP contribution in [0, 0.1) is 5.92 Å². The van der Waals surface area contributed by atoms with Crippen LogP contribution >= 0.6 is 0 Å². The van der Waals surface area contributed by atoms with E-state index in [0.717, 1.165) is 12.0 Å². The first-order valence-electron chi connectivity index (χ1n) is 6.25. The van der Waals surface area contributed by atoms with Crippen LogP contribution in [0.15, 0.2) is 23.5 Å².